The Morgan fingerprint density at radius 3 is 2.64 bits per heavy atom. The summed E-state index contributed by atoms with van der Waals surface area (Å²) in [5, 5.41) is 4.62. The summed E-state index contributed by atoms with van der Waals surface area (Å²) in [6.07, 6.45) is 0.933. The Balaban J connectivity index is 2.23. The Morgan fingerprint density at radius 2 is 1.91 bits per heavy atom. The second kappa shape index (κ2) is 7.75. The van der Waals surface area contributed by atoms with Crippen molar-refractivity contribution in [1.29, 1.82) is 0 Å². The van der Waals surface area contributed by atoms with Crippen molar-refractivity contribution < 1.29 is 4.74 Å². The van der Waals surface area contributed by atoms with Crippen molar-refractivity contribution in [2.45, 2.75) is 33.7 Å². The zero-order chi connectivity index (χ0) is 16.1. The van der Waals surface area contributed by atoms with Gasteiger partial charge in [0.2, 0.25) is 0 Å². The van der Waals surface area contributed by atoms with Gasteiger partial charge in [-0.1, -0.05) is 42.3 Å². The number of benzene rings is 2. The molecule has 0 unspecified atom stereocenters. The Labute approximate surface area is 142 Å². The Kier molecular flexibility index (Phi) is 5.98. The van der Waals surface area contributed by atoms with Crippen molar-refractivity contribution in [2.75, 3.05) is 11.9 Å². The molecule has 0 radical (unpaired) electrons. The van der Waals surface area contributed by atoms with Crippen LogP contribution in [0.25, 0.3) is 0 Å². The molecule has 0 atom stereocenters. The quantitative estimate of drug-likeness (QED) is 0.696. The largest absolute Gasteiger partial charge is 0.492 e. The van der Waals surface area contributed by atoms with Crippen LogP contribution in [-0.2, 0) is 6.54 Å². The van der Waals surface area contributed by atoms with Gasteiger partial charge in [-0.2, -0.15) is 0 Å². The third kappa shape index (κ3) is 4.08. The molecule has 0 heterocycles. The zero-order valence-electron chi connectivity index (χ0n) is 13.2. The van der Waals surface area contributed by atoms with E-state index >= 15 is 0 Å². The van der Waals surface area contributed by atoms with Crippen molar-refractivity contribution in [2.24, 2.45) is 0 Å². The lowest BCUT2D eigenvalue weighted by atomic mass is 10.1. The van der Waals surface area contributed by atoms with Crippen LogP contribution >= 0.6 is 23.2 Å². The van der Waals surface area contributed by atoms with E-state index in [0.29, 0.717) is 28.9 Å². The first kappa shape index (κ1) is 17.0. The molecule has 2 aromatic rings. The van der Waals surface area contributed by atoms with Gasteiger partial charge in [0.05, 0.1) is 11.6 Å². The van der Waals surface area contributed by atoms with Gasteiger partial charge in [-0.15, -0.1) is 0 Å². The summed E-state index contributed by atoms with van der Waals surface area (Å²) in [6.45, 7) is 7.53. The minimum Gasteiger partial charge on any atom is -0.492 e. The highest BCUT2D eigenvalue weighted by Gasteiger charge is 2.11. The number of ether oxygens (including phenoxy) is 1. The van der Waals surface area contributed by atoms with E-state index in [1.54, 1.807) is 6.07 Å². The van der Waals surface area contributed by atoms with Gasteiger partial charge in [0, 0.05) is 22.8 Å². The number of rotatable bonds is 6. The maximum absolute atomic E-state index is 6.27. The van der Waals surface area contributed by atoms with E-state index in [1.165, 1.54) is 11.1 Å². The average Bonchev–Trinajstić information content (AvgIpc) is 2.47. The summed E-state index contributed by atoms with van der Waals surface area (Å²) in [5.41, 5.74) is 4.58. The molecule has 0 amide bonds. The van der Waals surface area contributed by atoms with Crippen LogP contribution in [-0.4, -0.2) is 6.61 Å². The fourth-order valence-electron chi connectivity index (χ4n) is 2.24. The van der Waals surface area contributed by atoms with Gasteiger partial charge in [-0.25, -0.2) is 0 Å². The van der Waals surface area contributed by atoms with Crippen LogP contribution in [0.2, 0.25) is 10.0 Å². The molecule has 0 bridgehead atoms. The Morgan fingerprint density at radius 1 is 1.14 bits per heavy atom. The van der Waals surface area contributed by atoms with E-state index in [1.807, 2.05) is 12.1 Å². The van der Waals surface area contributed by atoms with Gasteiger partial charge in [-0.3, -0.25) is 0 Å². The average molecular weight is 338 g/mol. The molecule has 1 N–H and O–H groups in total. The normalized spacial score (nSPS) is 10.6. The molecule has 0 aliphatic heterocycles. The molecule has 2 aromatic carbocycles. The lowest BCUT2D eigenvalue weighted by Crippen LogP contribution is -2.06. The second-order valence-electron chi connectivity index (χ2n) is 5.33. The van der Waals surface area contributed by atoms with Crippen molar-refractivity contribution >= 4 is 28.9 Å². The molecule has 0 saturated carbocycles. The number of hydrogen-bond donors (Lipinski definition) is 1. The maximum Gasteiger partial charge on any atom is 0.142 e. The SMILES string of the molecule is CCCOc1c(Cl)cc(Cl)cc1CNc1cccc(C)c1C. The van der Waals surface area contributed by atoms with Crippen LogP contribution in [0.15, 0.2) is 30.3 Å². The molecule has 0 fully saturated rings. The highest BCUT2D eigenvalue weighted by Crippen LogP contribution is 2.33. The summed E-state index contributed by atoms with van der Waals surface area (Å²) in [7, 11) is 0. The molecule has 0 aliphatic carbocycles. The summed E-state index contributed by atoms with van der Waals surface area (Å²) < 4.78 is 5.78. The zero-order valence-corrected chi connectivity index (χ0v) is 14.7. The molecule has 2 nitrogen and oxygen atoms in total. The fourth-order valence-corrected chi connectivity index (χ4v) is 2.83. The molecule has 0 saturated heterocycles. The predicted octanol–water partition coefficient (Wildman–Crippen LogP) is 6.01. The van der Waals surface area contributed by atoms with E-state index in [-0.39, 0.29) is 0 Å². The van der Waals surface area contributed by atoms with Crippen molar-refractivity contribution in [3.05, 3.63) is 57.1 Å². The Bertz CT molecular complexity index is 656. The third-order valence-corrected chi connectivity index (χ3v) is 4.11. The molecule has 4 heteroatoms. The molecule has 0 aromatic heterocycles. The van der Waals surface area contributed by atoms with E-state index in [4.69, 9.17) is 27.9 Å². The smallest absolute Gasteiger partial charge is 0.142 e. The Hall–Kier alpha value is -1.38. The molecular formula is C18H21Cl2NO. The number of halogens is 2. The van der Waals surface area contributed by atoms with Gasteiger partial charge in [0.1, 0.15) is 5.75 Å². The minimum atomic E-state index is 0.554. The summed E-state index contributed by atoms with van der Waals surface area (Å²) in [4.78, 5) is 0. The summed E-state index contributed by atoms with van der Waals surface area (Å²) in [6, 6.07) is 9.84. The molecule has 118 valence electrons. The van der Waals surface area contributed by atoms with Gasteiger partial charge in [0.25, 0.3) is 0 Å². The van der Waals surface area contributed by atoms with Gasteiger partial charge >= 0.3 is 0 Å². The number of anilines is 1. The number of nitrogens with one attached hydrogen (secondary N) is 1. The van der Waals surface area contributed by atoms with Crippen LogP contribution in [0.4, 0.5) is 5.69 Å². The molecule has 0 aliphatic rings. The van der Waals surface area contributed by atoms with Crippen LogP contribution in [0.5, 0.6) is 5.75 Å². The van der Waals surface area contributed by atoms with E-state index in [9.17, 15) is 0 Å². The first-order chi connectivity index (χ1) is 10.5. The summed E-state index contributed by atoms with van der Waals surface area (Å²) >= 11 is 12.4. The predicted molar refractivity (Wildman–Crippen MR) is 95.5 cm³/mol. The van der Waals surface area contributed by atoms with E-state index in [0.717, 1.165) is 17.7 Å². The van der Waals surface area contributed by atoms with Crippen LogP contribution in [0.3, 0.4) is 0 Å². The summed E-state index contributed by atoms with van der Waals surface area (Å²) in [5.74, 6) is 0.714. The minimum absolute atomic E-state index is 0.554. The van der Waals surface area contributed by atoms with Crippen LogP contribution in [0.1, 0.15) is 30.0 Å². The lowest BCUT2D eigenvalue weighted by Gasteiger charge is -2.16. The first-order valence-corrected chi connectivity index (χ1v) is 8.19. The van der Waals surface area contributed by atoms with Gasteiger partial charge < -0.3 is 10.1 Å². The molecule has 22 heavy (non-hydrogen) atoms. The second-order valence-corrected chi connectivity index (χ2v) is 6.17. The van der Waals surface area contributed by atoms with Crippen molar-refractivity contribution in [3.63, 3.8) is 0 Å². The molecular weight excluding hydrogens is 317 g/mol. The van der Waals surface area contributed by atoms with Crippen molar-refractivity contribution in [1.82, 2.24) is 0 Å². The van der Waals surface area contributed by atoms with E-state index in [2.05, 4.69) is 38.2 Å². The van der Waals surface area contributed by atoms with Gasteiger partial charge in [0.15, 0.2) is 0 Å². The highest BCUT2D eigenvalue weighted by molar-refractivity contribution is 6.35. The number of hydrogen-bond acceptors (Lipinski definition) is 2. The first-order valence-electron chi connectivity index (χ1n) is 7.43. The fraction of sp³-hybridized carbons (Fsp3) is 0.333. The van der Waals surface area contributed by atoms with Crippen LogP contribution < -0.4 is 10.1 Å². The molecule has 2 rings (SSSR count). The molecule has 0 spiro atoms. The topological polar surface area (TPSA) is 21.3 Å². The highest BCUT2D eigenvalue weighted by atomic mass is 35.5. The van der Waals surface area contributed by atoms with Crippen LogP contribution in [0, 0.1) is 13.8 Å². The lowest BCUT2D eigenvalue weighted by molar-refractivity contribution is 0.314. The van der Waals surface area contributed by atoms with E-state index < -0.39 is 0 Å². The van der Waals surface area contributed by atoms with Gasteiger partial charge in [-0.05, 0) is 49.6 Å². The monoisotopic (exact) mass is 337 g/mol. The number of aryl methyl sites for hydroxylation is 1. The maximum atomic E-state index is 6.27. The van der Waals surface area contributed by atoms with Crippen molar-refractivity contribution in [3.8, 4) is 5.75 Å². The third-order valence-electron chi connectivity index (χ3n) is 3.61. The standard InChI is InChI=1S/C18H21Cl2NO/c1-4-8-22-18-14(9-15(19)10-16(18)20)11-21-17-7-5-6-12(2)13(17)3/h5-7,9-10,21H,4,8,11H2,1-3H3.